The van der Waals surface area contributed by atoms with Gasteiger partial charge in [-0.15, -0.1) is 0 Å². The Morgan fingerprint density at radius 1 is 1.42 bits per heavy atom. The predicted octanol–water partition coefficient (Wildman–Crippen LogP) is 1.89. The van der Waals surface area contributed by atoms with Crippen LogP contribution in [0.15, 0.2) is 12.1 Å². The van der Waals surface area contributed by atoms with Crippen LogP contribution in [0, 0.1) is 12.7 Å². The summed E-state index contributed by atoms with van der Waals surface area (Å²) in [6.07, 6.45) is -0.848. The van der Waals surface area contributed by atoms with Crippen molar-refractivity contribution in [2.45, 2.75) is 20.0 Å². The van der Waals surface area contributed by atoms with Crippen LogP contribution >= 0.6 is 0 Å². The first-order valence-corrected chi connectivity index (χ1v) is 3.69. The molecule has 2 nitrogen and oxygen atoms in total. The van der Waals surface area contributed by atoms with E-state index in [-0.39, 0.29) is 11.3 Å². The van der Waals surface area contributed by atoms with Crippen molar-refractivity contribution >= 4 is 0 Å². The first kappa shape index (κ1) is 9.00. The monoisotopic (exact) mass is 170 g/mol. The SMILES string of the molecule is Cc1cc(F)cc(C(C)O)c1O. The summed E-state index contributed by atoms with van der Waals surface area (Å²) in [6, 6.07) is 2.36. The van der Waals surface area contributed by atoms with E-state index in [9.17, 15) is 9.50 Å². The second-order valence-corrected chi connectivity index (χ2v) is 2.84. The van der Waals surface area contributed by atoms with Gasteiger partial charge in [-0.05, 0) is 31.5 Å². The molecule has 1 aromatic rings. The fourth-order valence-electron chi connectivity index (χ4n) is 1.08. The smallest absolute Gasteiger partial charge is 0.124 e. The van der Waals surface area contributed by atoms with Crippen LogP contribution in [0.4, 0.5) is 4.39 Å². The summed E-state index contributed by atoms with van der Waals surface area (Å²) >= 11 is 0. The number of aromatic hydroxyl groups is 1. The third-order valence-electron chi connectivity index (χ3n) is 1.74. The summed E-state index contributed by atoms with van der Waals surface area (Å²) in [4.78, 5) is 0. The van der Waals surface area contributed by atoms with Crippen LogP contribution in [0.3, 0.4) is 0 Å². The van der Waals surface area contributed by atoms with Gasteiger partial charge in [0.05, 0.1) is 6.10 Å². The van der Waals surface area contributed by atoms with Crippen LogP contribution < -0.4 is 0 Å². The van der Waals surface area contributed by atoms with Gasteiger partial charge in [0.1, 0.15) is 11.6 Å². The largest absolute Gasteiger partial charge is 0.507 e. The van der Waals surface area contributed by atoms with E-state index in [1.165, 1.54) is 13.0 Å². The van der Waals surface area contributed by atoms with E-state index in [0.29, 0.717) is 5.56 Å². The Balaban J connectivity index is 3.28. The lowest BCUT2D eigenvalue weighted by Gasteiger charge is -2.09. The van der Waals surface area contributed by atoms with Gasteiger partial charge in [0, 0.05) is 5.56 Å². The van der Waals surface area contributed by atoms with Crippen LogP contribution in [-0.4, -0.2) is 10.2 Å². The van der Waals surface area contributed by atoms with E-state index in [1.54, 1.807) is 6.92 Å². The molecule has 1 aromatic carbocycles. The van der Waals surface area contributed by atoms with Crippen LogP contribution in [-0.2, 0) is 0 Å². The molecular formula is C9H11FO2. The zero-order valence-electron chi connectivity index (χ0n) is 7.00. The van der Waals surface area contributed by atoms with E-state index >= 15 is 0 Å². The van der Waals surface area contributed by atoms with Crippen molar-refractivity contribution in [3.8, 4) is 5.75 Å². The Bertz CT molecular complexity index is 295. The Morgan fingerprint density at radius 2 is 2.00 bits per heavy atom. The third-order valence-corrected chi connectivity index (χ3v) is 1.74. The molecule has 0 saturated carbocycles. The molecule has 0 heterocycles. The summed E-state index contributed by atoms with van der Waals surface area (Å²) in [7, 11) is 0. The molecule has 1 rings (SSSR count). The third kappa shape index (κ3) is 1.56. The maximum atomic E-state index is 12.7. The highest BCUT2D eigenvalue weighted by Gasteiger charge is 2.10. The van der Waals surface area contributed by atoms with Gasteiger partial charge in [-0.1, -0.05) is 0 Å². The number of rotatable bonds is 1. The summed E-state index contributed by atoms with van der Waals surface area (Å²) in [5, 5.41) is 18.5. The standard InChI is InChI=1S/C9H11FO2/c1-5-3-7(10)4-8(6(2)11)9(5)12/h3-4,6,11-12H,1-2H3. The molecule has 0 aliphatic heterocycles. The minimum atomic E-state index is -0.848. The molecule has 0 fully saturated rings. The molecule has 0 spiro atoms. The quantitative estimate of drug-likeness (QED) is 0.675. The highest BCUT2D eigenvalue weighted by Crippen LogP contribution is 2.28. The summed E-state index contributed by atoms with van der Waals surface area (Å²) in [5.41, 5.74) is 0.665. The first-order valence-electron chi connectivity index (χ1n) is 3.69. The van der Waals surface area contributed by atoms with Crippen LogP contribution in [0.25, 0.3) is 0 Å². The molecule has 0 saturated heterocycles. The van der Waals surface area contributed by atoms with Crippen molar-refractivity contribution in [2.75, 3.05) is 0 Å². The molecule has 1 atom stereocenters. The fourth-order valence-corrected chi connectivity index (χ4v) is 1.08. The van der Waals surface area contributed by atoms with Crippen LogP contribution in [0.2, 0.25) is 0 Å². The molecule has 2 N–H and O–H groups in total. The number of aliphatic hydroxyl groups excluding tert-OH is 1. The number of hydrogen-bond donors (Lipinski definition) is 2. The van der Waals surface area contributed by atoms with Crippen molar-refractivity contribution in [3.05, 3.63) is 29.1 Å². The number of phenolic OH excluding ortho intramolecular Hbond substituents is 1. The van der Waals surface area contributed by atoms with Crippen molar-refractivity contribution < 1.29 is 14.6 Å². The normalized spacial score (nSPS) is 13.0. The van der Waals surface area contributed by atoms with Gasteiger partial charge in [0.25, 0.3) is 0 Å². The summed E-state index contributed by atoms with van der Waals surface area (Å²) < 4.78 is 12.7. The first-order chi connectivity index (χ1) is 5.52. The van der Waals surface area contributed by atoms with Gasteiger partial charge in [-0.25, -0.2) is 4.39 Å². The molecule has 3 heteroatoms. The number of aliphatic hydroxyl groups is 1. The van der Waals surface area contributed by atoms with E-state index < -0.39 is 11.9 Å². The lowest BCUT2D eigenvalue weighted by atomic mass is 10.1. The van der Waals surface area contributed by atoms with Gasteiger partial charge in [-0.2, -0.15) is 0 Å². The second kappa shape index (κ2) is 3.11. The molecule has 0 amide bonds. The highest BCUT2D eigenvalue weighted by molar-refractivity contribution is 5.41. The van der Waals surface area contributed by atoms with E-state index in [0.717, 1.165) is 6.07 Å². The average molecular weight is 170 g/mol. The molecule has 66 valence electrons. The lowest BCUT2D eigenvalue weighted by molar-refractivity contribution is 0.194. The number of halogens is 1. The molecule has 0 aliphatic rings. The molecule has 0 aliphatic carbocycles. The maximum Gasteiger partial charge on any atom is 0.124 e. The minimum absolute atomic E-state index is 0.0357. The minimum Gasteiger partial charge on any atom is -0.507 e. The summed E-state index contributed by atoms with van der Waals surface area (Å²) in [6.45, 7) is 3.07. The molecule has 0 radical (unpaired) electrons. The zero-order valence-corrected chi connectivity index (χ0v) is 7.00. The Labute approximate surface area is 70.3 Å². The zero-order chi connectivity index (χ0) is 9.30. The molecular weight excluding hydrogens is 159 g/mol. The van der Waals surface area contributed by atoms with Crippen molar-refractivity contribution in [1.82, 2.24) is 0 Å². The number of hydrogen-bond acceptors (Lipinski definition) is 2. The van der Waals surface area contributed by atoms with Crippen LogP contribution in [0.1, 0.15) is 24.2 Å². The molecule has 12 heavy (non-hydrogen) atoms. The van der Waals surface area contributed by atoms with Gasteiger partial charge < -0.3 is 10.2 Å². The Morgan fingerprint density at radius 3 is 2.50 bits per heavy atom. The van der Waals surface area contributed by atoms with E-state index in [1.807, 2.05) is 0 Å². The Kier molecular flexibility index (Phi) is 2.33. The molecule has 0 aromatic heterocycles. The van der Waals surface area contributed by atoms with Gasteiger partial charge >= 0.3 is 0 Å². The fraction of sp³-hybridized carbons (Fsp3) is 0.333. The second-order valence-electron chi connectivity index (χ2n) is 2.84. The molecule has 1 unspecified atom stereocenters. The van der Waals surface area contributed by atoms with Crippen molar-refractivity contribution in [1.29, 1.82) is 0 Å². The van der Waals surface area contributed by atoms with Crippen molar-refractivity contribution in [3.63, 3.8) is 0 Å². The summed E-state index contributed by atoms with van der Waals surface area (Å²) in [5.74, 6) is -0.479. The number of benzene rings is 1. The predicted molar refractivity (Wildman–Crippen MR) is 43.4 cm³/mol. The highest BCUT2D eigenvalue weighted by atomic mass is 19.1. The van der Waals surface area contributed by atoms with Gasteiger partial charge in [0.2, 0.25) is 0 Å². The lowest BCUT2D eigenvalue weighted by Crippen LogP contribution is -1.94. The Hall–Kier alpha value is -1.09. The van der Waals surface area contributed by atoms with E-state index in [2.05, 4.69) is 0 Å². The topological polar surface area (TPSA) is 40.5 Å². The average Bonchev–Trinajstić information content (AvgIpc) is 1.96. The van der Waals surface area contributed by atoms with Crippen LogP contribution in [0.5, 0.6) is 5.75 Å². The van der Waals surface area contributed by atoms with Crippen molar-refractivity contribution in [2.24, 2.45) is 0 Å². The number of phenols is 1. The van der Waals surface area contributed by atoms with Gasteiger partial charge in [0.15, 0.2) is 0 Å². The van der Waals surface area contributed by atoms with E-state index in [4.69, 9.17) is 5.11 Å². The molecule has 0 bridgehead atoms. The van der Waals surface area contributed by atoms with Gasteiger partial charge in [-0.3, -0.25) is 0 Å². The number of aryl methyl sites for hydroxylation is 1. The maximum absolute atomic E-state index is 12.7.